The minimum absolute atomic E-state index is 0.145. The molecule has 6 nitrogen and oxygen atoms in total. The second-order valence-corrected chi connectivity index (χ2v) is 10.6. The van der Waals surface area contributed by atoms with Crippen LogP contribution in [0.3, 0.4) is 0 Å². The second kappa shape index (κ2) is 11.0. The third kappa shape index (κ3) is 5.24. The van der Waals surface area contributed by atoms with Gasteiger partial charge in [0.25, 0.3) is 5.91 Å². The molecule has 5 rings (SSSR count). The number of hydrogen-bond donors (Lipinski definition) is 0. The number of likely N-dealkylation sites (tertiary alicyclic amines) is 1. The van der Waals surface area contributed by atoms with Gasteiger partial charge in [-0.05, 0) is 69.0 Å². The summed E-state index contributed by atoms with van der Waals surface area (Å²) in [5, 5.41) is 1.05. The monoisotopic (exact) mass is 488 g/mol. The molecule has 0 aliphatic carbocycles. The number of fused-ring (bicyclic) bond motifs is 1. The Morgan fingerprint density at radius 2 is 1.75 bits per heavy atom. The summed E-state index contributed by atoms with van der Waals surface area (Å²) >= 11 is 0. The Morgan fingerprint density at radius 3 is 2.50 bits per heavy atom. The van der Waals surface area contributed by atoms with Gasteiger partial charge in [-0.3, -0.25) is 4.79 Å². The van der Waals surface area contributed by atoms with E-state index < -0.39 is 0 Å². The first-order valence-corrected chi connectivity index (χ1v) is 13.5. The molecule has 1 amide bonds. The van der Waals surface area contributed by atoms with Gasteiger partial charge in [0.05, 0.1) is 12.2 Å². The number of piperidine rings is 1. The van der Waals surface area contributed by atoms with E-state index in [9.17, 15) is 4.79 Å². The minimum atomic E-state index is 0.145. The van der Waals surface area contributed by atoms with E-state index in [0.29, 0.717) is 0 Å². The van der Waals surface area contributed by atoms with E-state index in [0.717, 1.165) is 79.6 Å². The average molecular weight is 489 g/mol. The van der Waals surface area contributed by atoms with E-state index >= 15 is 0 Å². The molecular weight excluding hydrogens is 448 g/mol. The molecule has 3 heterocycles. The van der Waals surface area contributed by atoms with Crippen LogP contribution >= 0.6 is 0 Å². The van der Waals surface area contributed by atoms with Crippen LogP contribution in [-0.2, 0) is 7.05 Å². The third-order valence-electron chi connectivity index (χ3n) is 8.01. The highest BCUT2D eigenvalue weighted by Crippen LogP contribution is 2.27. The summed E-state index contributed by atoms with van der Waals surface area (Å²) < 4.78 is 8.13. The molecule has 2 aliphatic rings. The minimum Gasteiger partial charge on any atom is -0.494 e. The van der Waals surface area contributed by atoms with Crippen LogP contribution in [0.15, 0.2) is 48.5 Å². The van der Waals surface area contributed by atoms with Crippen molar-refractivity contribution in [2.24, 2.45) is 13.0 Å². The quantitative estimate of drug-likeness (QED) is 0.441. The van der Waals surface area contributed by atoms with Crippen LogP contribution < -0.4 is 9.64 Å². The second-order valence-electron chi connectivity index (χ2n) is 10.6. The van der Waals surface area contributed by atoms with Gasteiger partial charge in [0.15, 0.2) is 0 Å². The van der Waals surface area contributed by atoms with Gasteiger partial charge in [-0.25, -0.2) is 0 Å². The van der Waals surface area contributed by atoms with Crippen LogP contribution in [0.2, 0.25) is 0 Å². The fourth-order valence-corrected chi connectivity index (χ4v) is 5.84. The summed E-state index contributed by atoms with van der Waals surface area (Å²) in [6.45, 7) is 11.9. The number of piperazine rings is 1. The molecular formula is C30H40N4O2. The summed E-state index contributed by atoms with van der Waals surface area (Å²) in [6.07, 6.45) is 3.77. The molecule has 0 radical (unpaired) electrons. The Kier molecular flexibility index (Phi) is 7.51. The Balaban J connectivity index is 1.11. The number of aromatic nitrogens is 1. The van der Waals surface area contributed by atoms with E-state index in [4.69, 9.17) is 4.74 Å². The number of anilines is 1. The molecule has 2 aliphatic heterocycles. The molecule has 0 N–H and O–H groups in total. The molecule has 2 saturated heterocycles. The Hall–Kier alpha value is -2.99. The van der Waals surface area contributed by atoms with Gasteiger partial charge in [-0.2, -0.15) is 0 Å². The van der Waals surface area contributed by atoms with Crippen molar-refractivity contribution >= 4 is 22.5 Å². The topological polar surface area (TPSA) is 41.0 Å². The van der Waals surface area contributed by atoms with E-state index in [1.54, 1.807) is 0 Å². The van der Waals surface area contributed by atoms with Crippen molar-refractivity contribution in [1.82, 2.24) is 14.4 Å². The van der Waals surface area contributed by atoms with E-state index in [-0.39, 0.29) is 5.91 Å². The van der Waals surface area contributed by atoms with Gasteiger partial charge in [-0.1, -0.05) is 25.1 Å². The summed E-state index contributed by atoms with van der Waals surface area (Å²) in [6, 6.07) is 16.6. The number of carbonyl (C=O) groups excluding carboxylic acids is 1. The van der Waals surface area contributed by atoms with Gasteiger partial charge in [0.2, 0.25) is 0 Å². The van der Waals surface area contributed by atoms with E-state index in [1.807, 2.05) is 31.0 Å². The zero-order valence-electron chi connectivity index (χ0n) is 22.1. The smallest absolute Gasteiger partial charge is 0.256 e. The first kappa shape index (κ1) is 24.7. The molecule has 3 aromatic rings. The number of aryl methyl sites for hydroxylation is 1. The predicted octanol–water partition coefficient (Wildman–Crippen LogP) is 4.95. The number of amides is 1. The highest BCUT2D eigenvalue weighted by atomic mass is 16.5. The highest BCUT2D eigenvalue weighted by molar-refractivity contribution is 6.08. The fourth-order valence-electron chi connectivity index (χ4n) is 5.84. The van der Waals surface area contributed by atoms with Gasteiger partial charge in [0, 0.05) is 68.6 Å². The number of rotatable bonds is 7. The Labute approximate surface area is 215 Å². The maximum absolute atomic E-state index is 13.5. The third-order valence-corrected chi connectivity index (χ3v) is 8.01. The van der Waals surface area contributed by atoms with Crippen LogP contribution in [0.25, 0.3) is 10.9 Å². The molecule has 6 heteroatoms. The van der Waals surface area contributed by atoms with Crippen LogP contribution in [0.1, 0.15) is 42.2 Å². The van der Waals surface area contributed by atoms with E-state index in [1.165, 1.54) is 31.6 Å². The summed E-state index contributed by atoms with van der Waals surface area (Å²) in [4.78, 5) is 20.4. The number of para-hydroxylation sites is 1. The molecule has 2 aromatic carbocycles. The summed E-state index contributed by atoms with van der Waals surface area (Å²) in [7, 11) is 2.04. The standard InChI is InChI=1S/C30H40N4O2/c1-23-8-6-15-32(22-23)16-7-21-36-26-13-11-25(12-14-26)33-17-19-34(20-18-33)30(35)29-24(2)31(3)28-10-5-4-9-27(28)29/h4-5,9-14,23H,6-8,15-22H2,1-3H3. The molecule has 192 valence electrons. The number of benzene rings is 2. The molecule has 2 fully saturated rings. The highest BCUT2D eigenvalue weighted by Gasteiger charge is 2.26. The Morgan fingerprint density at radius 1 is 1.00 bits per heavy atom. The largest absolute Gasteiger partial charge is 0.494 e. The number of carbonyl (C=O) groups is 1. The molecule has 0 saturated carbocycles. The summed E-state index contributed by atoms with van der Waals surface area (Å²) in [5.41, 5.74) is 4.18. The predicted molar refractivity (Wildman–Crippen MR) is 147 cm³/mol. The number of hydrogen-bond acceptors (Lipinski definition) is 4. The normalized spacial score (nSPS) is 19.1. The lowest BCUT2D eigenvalue weighted by atomic mass is 10.0. The average Bonchev–Trinajstić information content (AvgIpc) is 3.16. The van der Waals surface area contributed by atoms with Crippen LogP contribution in [0, 0.1) is 12.8 Å². The van der Waals surface area contributed by atoms with Crippen molar-refractivity contribution < 1.29 is 9.53 Å². The van der Waals surface area contributed by atoms with Gasteiger partial charge in [-0.15, -0.1) is 0 Å². The van der Waals surface area contributed by atoms with Crippen molar-refractivity contribution in [2.75, 3.05) is 57.3 Å². The van der Waals surface area contributed by atoms with Crippen LogP contribution in [0.4, 0.5) is 5.69 Å². The van der Waals surface area contributed by atoms with Gasteiger partial charge < -0.3 is 24.0 Å². The van der Waals surface area contributed by atoms with Crippen molar-refractivity contribution in [3.8, 4) is 5.75 Å². The molecule has 0 bridgehead atoms. The van der Waals surface area contributed by atoms with Crippen molar-refractivity contribution in [2.45, 2.75) is 33.1 Å². The first-order valence-electron chi connectivity index (χ1n) is 13.5. The van der Waals surface area contributed by atoms with E-state index in [2.05, 4.69) is 57.7 Å². The van der Waals surface area contributed by atoms with Crippen molar-refractivity contribution in [3.63, 3.8) is 0 Å². The molecule has 0 spiro atoms. The maximum Gasteiger partial charge on any atom is 0.256 e. The first-order chi connectivity index (χ1) is 17.5. The molecule has 1 unspecified atom stereocenters. The lowest BCUT2D eigenvalue weighted by molar-refractivity contribution is 0.0748. The fraction of sp³-hybridized carbons (Fsp3) is 0.500. The Bertz CT molecular complexity index is 1180. The lowest BCUT2D eigenvalue weighted by Gasteiger charge is -2.36. The maximum atomic E-state index is 13.5. The molecule has 36 heavy (non-hydrogen) atoms. The van der Waals surface area contributed by atoms with Crippen LogP contribution in [0.5, 0.6) is 5.75 Å². The van der Waals surface area contributed by atoms with Crippen molar-refractivity contribution in [1.29, 1.82) is 0 Å². The zero-order valence-corrected chi connectivity index (χ0v) is 22.1. The lowest BCUT2D eigenvalue weighted by Crippen LogP contribution is -2.48. The molecule has 1 aromatic heterocycles. The van der Waals surface area contributed by atoms with Gasteiger partial charge in [0.1, 0.15) is 5.75 Å². The molecule has 1 atom stereocenters. The van der Waals surface area contributed by atoms with Crippen LogP contribution in [-0.4, -0.2) is 72.7 Å². The SMILES string of the molecule is Cc1c(C(=O)N2CCN(c3ccc(OCCCN4CCCC(C)C4)cc3)CC2)c2ccccc2n1C. The number of nitrogens with zero attached hydrogens (tertiary/aromatic N) is 4. The zero-order chi connectivity index (χ0) is 25.1. The number of ether oxygens (including phenoxy) is 1. The van der Waals surface area contributed by atoms with Crippen molar-refractivity contribution in [3.05, 3.63) is 59.8 Å². The van der Waals surface area contributed by atoms with Gasteiger partial charge >= 0.3 is 0 Å². The summed E-state index contributed by atoms with van der Waals surface area (Å²) in [5.74, 6) is 1.91.